The minimum atomic E-state index is -0.345. The lowest BCUT2D eigenvalue weighted by Gasteiger charge is -2.27. The van der Waals surface area contributed by atoms with Gasteiger partial charge in [0.15, 0.2) is 23.0 Å². The number of carbonyl (C=O) groups excluding carboxylic acids is 1. The van der Waals surface area contributed by atoms with Gasteiger partial charge in [-0.1, -0.05) is 24.3 Å². The molecule has 0 aromatic heterocycles. The molecule has 0 spiro atoms. The van der Waals surface area contributed by atoms with Crippen LogP contribution >= 0.6 is 0 Å². The minimum absolute atomic E-state index is 0.301. The molecule has 3 aromatic carbocycles. The van der Waals surface area contributed by atoms with E-state index in [4.69, 9.17) is 18.9 Å². The number of carbonyl (C=O) groups is 1. The summed E-state index contributed by atoms with van der Waals surface area (Å²) in [5.74, 6) is 5.06. The predicted molar refractivity (Wildman–Crippen MR) is 131 cm³/mol. The molecule has 4 aliphatic rings. The zero-order chi connectivity index (χ0) is 23.5. The Balaban J connectivity index is 1.31. The third-order valence-electron chi connectivity index (χ3n) is 8.54. The Hall–Kier alpha value is -3.47. The van der Waals surface area contributed by atoms with Crippen LogP contribution in [0.2, 0.25) is 0 Å². The molecule has 35 heavy (non-hydrogen) atoms. The molecule has 1 saturated carbocycles. The monoisotopic (exact) mass is 468 g/mol. The van der Waals surface area contributed by atoms with Gasteiger partial charge in [-0.05, 0) is 103 Å². The zero-order valence-electron chi connectivity index (χ0n) is 19.8. The highest BCUT2D eigenvalue weighted by atomic mass is 16.7. The molecular formula is C30H28O5. The van der Waals surface area contributed by atoms with Crippen molar-refractivity contribution < 1.29 is 23.7 Å². The van der Waals surface area contributed by atoms with Crippen LogP contribution in [0.3, 0.4) is 0 Å². The average Bonchev–Trinajstić information content (AvgIpc) is 3.26. The van der Waals surface area contributed by atoms with Gasteiger partial charge in [0.1, 0.15) is 0 Å². The van der Waals surface area contributed by atoms with E-state index in [-0.39, 0.29) is 5.97 Å². The standard InChI is InChI=1S/C30H28O5/c1-32-26-10-8-18-11-20-12-24-21(9-7-19-13-27-28(15-22(19)20)34-16-33-27)25(24)14-23(18)29(26)35-30(31)17-5-3-2-4-6-17/h2-6,8,10,13,15,20-21,24-25H,7,9,11-12,14,16H2,1H3/t20-,21?,24?,25?/m1/s1. The summed E-state index contributed by atoms with van der Waals surface area (Å²) in [4.78, 5) is 13.0. The van der Waals surface area contributed by atoms with E-state index < -0.39 is 0 Å². The summed E-state index contributed by atoms with van der Waals surface area (Å²) >= 11 is 0. The van der Waals surface area contributed by atoms with Gasteiger partial charge in [0.05, 0.1) is 12.7 Å². The summed E-state index contributed by atoms with van der Waals surface area (Å²) in [5, 5.41) is 0. The second-order valence-electron chi connectivity index (χ2n) is 10.3. The van der Waals surface area contributed by atoms with Gasteiger partial charge in [-0.3, -0.25) is 0 Å². The fraction of sp³-hybridized carbons (Fsp3) is 0.367. The molecule has 0 N–H and O–H groups in total. The highest BCUT2D eigenvalue weighted by molar-refractivity contribution is 5.91. The highest BCUT2D eigenvalue weighted by Crippen LogP contribution is 2.60. The van der Waals surface area contributed by atoms with Crippen molar-refractivity contribution in [2.24, 2.45) is 17.8 Å². The van der Waals surface area contributed by atoms with Crippen molar-refractivity contribution in [3.8, 4) is 23.0 Å². The third-order valence-corrected chi connectivity index (χ3v) is 8.54. The molecule has 7 rings (SSSR count). The number of methoxy groups -OCH3 is 1. The molecule has 3 aromatic rings. The maximum atomic E-state index is 13.0. The van der Waals surface area contributed by atoms with Gasteiger partial charge in [0.25, 0.3) is 0 Å². The van der Waals surface area contributed by atoms with Crippen LogP contribution in [0.15, 0.2) is 54.6 Å². The van der Waals surface area contributed by atoms with Crippen molar-refractivity contribution >= 4 is 5.97 Å². The van der Waals surface area contributed by atoms with Gasteiger partial charge < -0.3 is 18.9 Å². The van der Waals surface area contributed by atoms with Crippen molar-refractivity contribution in [1.82, 2.24) is 0 Å². The first-order valence-electron chi connectivity index (χ1n) is 12.6. The molecule has 178 valence electrons. The number of hydrogen-bond donors (Lipinski definition) is 0. The van der Waals surface area contributed by atoms with Crippen LogP contribution in [0.1, 0.15) is 51.4 Å². The number of esters is 1. The largest absolute Gasteiger partial charge is 0.493 e. The van der Waals surface area contributed by atoms with Gasteiger partial charge in [0.2, 0.25) is 6.79 Å². The van der Waals surface area contributed by atoms with Crippen LogP contribution < -0.4 is 18.9 Å². The Morgan fingerprint density at radius 2 is 1.74 bits per heavy atom. The topological polar surface area (TPSA) is 54.0 Å². The maximum Gasteiger partial charge on any atom is 0.343 e. The molecule has 2 bridgehead atoms. The van der Waals surface area contributed by atoms with Crippen molar-refractivity contribution in [3.05, 3.63) is 82.4 Å². The quantitative estimate of drug-likeness (QED) is 0.363. The van der Waals surface area contributed by atoms with Crippen LogP contribution in [-0.2, 0) is 19.3 Å². The number of aryl methyl sites for hydroxylation is 1. The minimum Gasteiger partial charge on any atom is -0.493 e. The van der Waals surface area contributed by atoms with Crippen LogP contribution in [0.25, 0.3) is 0 Å². The number of benzene rings is 3. The summed E-state index contributed by atoms with van der Waals surface area (Å²) in [7, 11) is 1.64. The molecule has 5 heteroatoms. The van der Waals surface area contributed by atoms with E-state index in [0.717, 1.165) is 42.2 Å². The smallest absolute Gasteiger partial charge is 0.343 e. The van der Waals surface area contributed by atoms with Gasteiger partial charge in [-0.15, -0.1) is 0 Å². The molecule has 3 aliphatic carbocycles. The number of rotatable bonds is 3. The van der Waals surface area contributed by atoms with Gasteiger partial charge in [0, 0.05) is 5.56 Å². The lowest BCUT2D eigenvalue weighted by atomic mass is 9.79. The number of hydrogen-bond acceptors (Lipinski definition) is 5. The Kier molecular flexibility index (Phi) is 4.80. The van der Waals surface area contributed by atoms with E-state index in [1.165, 1.54) is 29.5 Å². The maximum absolute atomic E-state index is 13.0. The van der Waals surface area contributed by atoms with Gasteiger partial charge >= 0.3 is 5.97 Å². The Labute approximate surface area is 205 Å². The summed E-state index contributed by atoms with van der Waals surface area (Å²) in [5.41, 5.74) is 5.73. The summed E-state index contributed by atoms with van der Waals surface area (Å²) < 4.78 is 23.2. The van der Waals surface area contributed by atoms with E-state index in [1.54, 1.807) is 19.2 Å². The van der Waals surface area contributed by atoms with E-state index in [0.29, 0.717) is 41.6 Å². The normalized spacial score (nSPS) is 25.2. The van der Waals surface area contributed by atoms with Crippen LogP contribution in [0.5, 0.6) is 23.0 Å². The van der Waals surface area contributed by atoms with Crippen LogP contribution in [0.4, 0.5) is 0 Å². The SMILES string of the molecule is COc1ccc2c(c1OC(=O)c1ccccc1)CC1C3CCc4cc5c(cc4[C@H](C2)CC31)OCO5. The Bertz CT molecular complexity index is 1310. The predicted octanol–water partition coefficient (Wildman–Crippen LogP) is 5.72. The van der Waals surface area contributed by atoms with Crippen molar-refractivity contribution in [2.45, 2.75) is 38.0 Å². The molecule has 1 heterocycles. The number of fused-ring (bicyclic) bond motifs is 6. The number of ether oxygens (including phenoxy) is 4. The van der Waals surface area contributed by atoms with Crippen LogP contribution in [0, 0.1) is 17.8 Å². The molecular weight excluding hydrogens is 440 g/mol. The van der Waals surface area contributed by atoms with Gasteiger partial charge in [-0.25, -0.2) is 4.79 Å². The van der Waals surface area contributed by atoms with E-state index >= 15 is 0 Å². The fourth-order valence-electron chi connectivity index (χ4n) is 6.73. The fourth-order valence-corrected chi connectivity index (χ4v) is 6.73. The molecule has 5 nitrogen and oxygen atoms in total. The lowest BCUT2D eigenvalue weighted by Crippen LogP contribution is -2.16. The van der Waals surface area contributed by atoms with Crippen molar-refractivity contribution in [1.29, 1.82) is 0 Å². The van der Waals surface area contributed by atoms with Crippen LogP contribution in [-0.4, -0.2) is 19.9 Å². The second-order valence-corrected chi connectivity index (χ2v) is 10.3. The van der Waals surface area contributed by atoms with Crippen molar-refractivity contribution in [2.75, 3.05) is 13.9 Å². The highest BCUT2D eigenvalue weighted by Gasteiger charge is 2.52. The van der Waals surface area contributed by atoms with E-state index in [2.05, 4.69) is 18.2 Å². The summed E-state index contributed by atoms with van der Waals surface area (Å²) in [6, 6.07) is 17.7. The molecule has 1 fully saturated rings. The molecule has 1 aliphatic heterocycles. The Morgan fingerprint density at radius 3 is 2.57 bits per heavy atom. The second kappa shape index (κ2) is 8.04. The molecule has 4 atom stereocenters. The average molecular weight is 469 g/mol. The lowest BCUT2D eigenvalue weighted by molar-refractivity contribution is 0.0727. The van der Waals surface area contributed by atoms with E-state index in [9.17, 15) is 4.79 Å². The third kappa shape index (κ3) is 3.48. The summed E-state index contributed by atoms with van der Waals surface area (Å²) in [6.45, 7) is 0.301. The first kappa shape index (κ1) is 20.9. The molecule has 0 saturated heterocycles. The van der Waals surface area contributed by atoms with Crippen molar-refractivity contribution in [3.63, 3.8) is 0 Å². The first-order chi connectivity index (χ1) is 17.2. The zero-order valence-corrected chi connectivity index (χ0v) is 19.8. The van der Waals surface area contributed by atoms with E-state index in [1.807, 2.05) is 24.3 Å². The first-order valence-corrected chi connectivity index (χ1v) is 12.6. The Morgan fingerprint density at radius 1 is 0.914 bits per heavy atom. The molecule has 3 unspecified atom stereocenters. The molecule has 0 amide bonds. The molecule has 0 radical (unpaired) electrons. The summed E-state index contributed by atoms with van der Waals surface area (Å²) in [6.07, 6.45) is 5.32. The van der Waals surface area contributed by atoms with Gasteiger partial charge in [-0.2, -0.15) is 0 Å².